The molecule has 2 N–H and O–H groups in total. The highest BCUT2D eigenvalue weighted by Gasteiger charge is 2.43. The van der Waals surface area contributed by atoms with Gasteiger partial charge in [-0.05, 0) is 42.9 Å². The highest BCUT2D eigenvalue weighted by molar-refractivity contribution is 7.99. The van der Waals surface area contributed by atoms with E-state index in [1.54, 1.807) is 30.1 Å². The van der Waals surface area contributed by atoms with Gasteiger partial charge in [0.2, 0.25) is 0 Å². The van der Waals surface area contributed by atoms with Crippen LogP contribution >= 0.6 is 11.8 Å². The number of hydrogen-bond donors (Lipinski definition) is 2. The number of hydrogen-bond acceptors (Lipinski definition) is 4. The third-order valence-electron chi connectivity index (χ3n) is 4.30. The number of aliphatic carboxylic acids is 1. The molecule has 2 aromatic rings. The summed E-state index contributed by atoms with van der Waals surface area (Å²) in [4.78, 5) is 28.7. The van der Waals surface area contributed by atoms with Gasteiger partial charge in [-0.1, -0.05) is 18.2 Å². The molecule has 1 aromatic carbocycles. The predicted octanol–water partition coefficient (Wildman–Crippen LogP) is 2.75. The molecule has 1 aliphatic heterocycles. The number of carbonyl (C=O) groups excluding carboxylic acids is 1. The van der Waals surface area contributed by atoms with Crippen LogP contribution in [0.15, 0.2) is 42.6 Å². The minimum Gasteiger partial charge on any atom is -0.479 e. The van der Waals surface area contributed by atoms with E-state index >= 15 is 0 Å². The largest absolute Gasteiger partial charge is 0.479 e. The van der Waals surface area contributed by atoms with Gasteiger partial charge in [0.05, 0.1) is 5.69 Å². The van der Waals surface area contributed by atoms with Crippen molar-refractivity contribution in [3.63, 3.8) is 0 Å². The standard InChI is InChI=1S/C18H18N2O3S/c1-12-13(15-7-2-3-9-19-15)5-4-6-14(12)16(21)20-18(17(22)23)8-10-24-11-18/h2-7,9H,8,10-11H2,1H3,(H,20,21)(H,22,23). The molecule has 1 aliphatic rings. The minimum atomic E-state index is -1.17. The number of pyridine rings is 1. The Morgan fingerprint density at radius 1 is 1.25 bits per heavy atom. The van der Waals surface area contributed by atoms with E-state index in [0.717, 1.165) is 22.6 Å². The van der Waals surface area contributed by atoms with E-state index < -0.39 is 11.5 Å². The fourth-order valence-electron chi connectivity index (χ4n) is 2.85. The SMILES string of the molecule is Cc1c(C(=O)NC2(C(=O)O)CCSC2)cccc1-c1ccccn1. The van der Waals surface area contributed by atoms with E-state index in [1.807, 2.05) is 31.2 Å². The normalized spacial score (nSPS) is 19.9. The maximum Gasteiger partial charge on any atom is 0.330 e. The lowest BCUT2D eigenvalue weighted by molar-refractivity contribution is -0.143. The van der Waals surface area contributed by atoms with E-state index in [0.29, 0.717) is 17.7 Å². The summed E-state index contributed by atoms with van der Waals surface area (Å²) in [7, 11) is 0. The molecular weight excluding hydrogens is 324 g/mol. The first-order chi connectivity index (χ1) is 11.5. The predicted molar refractivity (Wildman–Crippen MR) is 94.2 cm³/mol. The van der Waals surface area contributed by atoms with Gasteiger partial charge in [0.25, 0.3) is 5.91 Å². The number of carbonyl (C=O) groups is 2. The van der Waals surface area contributed by atoms with E-state index in [9.17, 15) is 14.7 Å². The Kier molecular flexibility index (Phi) is 4.57. The van der Waals surface area contributed by atoms with E-state index in [-0.39, 0.29) is 5.91 Å². The Labute approximate surface area is 144 Å². The van der Waals surface area contributed by atoms with Crippen LogP contribution in [0.3, 0.4) is 0 Å². The lowest BCUT2D eigenvalue weighted by Crippen LogP contribution is -2.54. The molecule has 1 atom stereocenters. The summed E-state index contributed by atoms with van der Waals surface area (Å²) in [6, 6.07) is 11.0. The zero-order valence-corrected chi connectivity index (χ0v) is 14.1. The van der Waals surface area contributed by atoms with Crippen LogP contribution in [-0.2, 0) is 4.79 Å². The smallest absolute Gasteiger partial charge is 0.330 e. The summed E-state index contributed by atoms with van der Waals surface area (Å²) < 4.78 is 0. The molecule has 3 rings (SSSR count). The van der Waals surface area contributed by atoms with Crippen LogP contribution in [0.4, 0.5) is 0 Å². The van der Waals surface area contributed by atoms with Crippen LogP contribution in [0.5, 0.6) is 0 Å². The second-order valence-electron chi connectivity index (χ2n) is 5.84. The first-order valence-corrected chi connectivity index (χ1v) is 8.84. The average molecular weight is 342 g/mol. The fourth-order valence-corrected chi connectivity index (χ4v) is 4.18. The number of thioether (sulfide) groups is 1. The number of carboxylic acid groups (broad SMARTS) is 1. The van der Waals surface area contributed by atoms with Gasteiger partial charge in [0.15, 0.2) is 0 Å². The Morgan fingerprint density at radius 3 is 2.71 bits per heavy atom. The number of amides is 1. The first kappa shape index (κ1) is 16.5. The third kappa shape index (κ3) is 3.01. The summed E-state index contributed by atoms with van der Waals surface area (Å²) in [5.74, 6) is -0.193. The molecule has 2 heterocycles. The minimum absolute atomic E-state index is 0.352. The van der Waals surface area contributed by atoms with Gasteiger partial charge in [-0.3, -0.25) is 9.78 Å². The number of nitrogens with zero attached hydrogens (tertiary/aromatic N) is 1. The summed E-state index contributed by atoms with van der Waals surface area (Å²) in [5, 5.41) is 12.3. The molecule has 1 fully saturated rings. The van der Waals surface area contributed by atoms with Crippen molar-refractivity contribution in [1.29, 1.82) is 0 Å². The molecule has 5 nitrogen and oxygen atoms in total. The molecule has 24 heavy (non-hydrogen) atoms. The second kappa shape index (κ2) is 6.65. The Hall–Kier alpha value is -2.34. The van der Waals surface area contributed by atoms with Crippen molar-refractivity contribution in [1.82, 2.24) is 10.3 Å². The zero-order chi connectivity index (χ0) is 17.2. The molecule has 1 aromatic heterocycles. The van der Waals surface area contributed by atoms with Gasteiger partial charge in [0, 0.05) is 23.1 Å². The molecule has 1 saturated heterocycles. The first-order valence-electron chi connectivity index (χ1n) is 7.68. The molecule has 6 heteroatoms. The zero-order valence-electron chi connectivity index (χ0n) is 13.3. The van der Waals surface area contributed by atoms with Crippen LogP contribution in [0.2, 0.25) is 0 Å². The molecule has 0 bridgehead atoms. The molecule has 0 radical (unpaired) electrons. The van der Waals surface area contributed by atoms with E-state index in [4.69, 9.17) is 0 Å². The third-order valence-corrected chi connectivity index (χ3v) is 5.49. The van der Waals surface area contributed by atoms with Gasteiger partial charge < -0.3 is 10.4 Å². The van der Waals surface area contributed by atoms with Crippen molar-refractivity contribution in [2.75, 3.05) is 11.5 Å². The van der Waals surface area contributed by atoms with Crippen LogP contribution < -0.4 is 5.32 Å². The molecule has 124 valence electrons. The van der Waals surface area contributed by atoms with Gasteiger partial charge in [-0.2, -0.15) is 11.8 Å². The topological polar surface area (TPSA) is 79.3 Å². The summed E-state index contributed by atoms with van der Waals surface area (Å²) in [5.41, 5.74) is 1.76. The highest BCUT2D eigenvalue weighted by Crippen LogP contribution is 2.30. The van der Waals surface area contributed by atoms with Crippen LogP contribution in [0, 0.1) is 6.92 Å². The maximum absolute atomic E-state index is 12.7. The van der Waals surface area contributed by atoms with Gasteiger partial charge in [0.1, 0.15) is 5.54 Å². The van der Waals surface area contributed by atoms with Crippen molar-refractivity contribution >= 4 is 23.6 Å². The van der Waals surface area contributed by atoms with Crippen molar-refractivity contribution in [3.8, 4) is 11.3 Å². The molecule has 0 spiro atoms. The summed E-state index contributed by atoms with van der Waals surface area (Å²) in [6.07, 6.45) is 2.15. The number of benzene rings is 1. The Morgan fingerprint density at radius 2 is 2.08 bits per heavy atom. The quantitative estimate of drug-likeness (QED) is 0.893. The number of aromatic nitrogens is 1. The number of carboxylic acids is 1. The lowest BCUT2D eigenvalue weighted by atomic mass is 9.95. The second-order valence-corrected chi connectivity index (χ2v) is 6.94. The van der Waals surface area contributed by atoms with Crippen LogP contribution in [0.25, 0.3) is 11.3 Å². The van der Waals surface area contributed by atoms with Crippen molar-refractivity contribution < 1.29 is 14.7 Å². The summed E-state index contributed by atoms with van der Waals surface area (Å²) in [6.45, 7) is 1.86. The van der Waals surface area contributed by atoms with Gasteiger partial charge in [-0.25, -0.2) is 4.79 Å². The number of nitrogens with one attached hydrogen (secondary N) is 1. The van der Waals surface area contributed by atoms with Gasteiger partial charge in [-0.15, -0.1) is 0 Å². The van der Waals surface area contributed by atoms with Crippen LogP contribution in [-0.4, -0.2) is 39.0 Å². The monoisotopic (exact) mass is 342 g/mol. The number of rotatable bonds is 4. The Balaban J connectivity index is 1.92. The lowest BCUT2D eigenvalue weighted by Gasteiger charge is -2.25. The molecule has 1 amide bonds. The van der Waals surface area contributed by atoms with E-state index in [2.05, 4.69) is 10.3 Å². The van der Waals surface area contributed by atoms with Gasteiger partial charge >= 0.3 is 5.97 Å². The molecular formula is C18H18N2O3S. The summed E-state index contributed by atoms with van der Waals surface area (Å²) >= 11 is 1.55. The highest BCUT2D eigenvalue weighted by atomic mass is 32.2. The van der Waals surface area contributed by atoms with Crippen molar-refractivity contribution in [3.05, 3.63) is 53.7 Å². The maximum atomic E-state index is 12.7. The van der Waals surface area contributed by atoms with Crippen molar-refractivity contribution in [2.24, 2.45) is 0 Å². The average Bonchev–Trinajstić information content (AvgIpc) is 3.05. The van der Waals surface area contributed by atoms with E-state index in [1.165, 1.54) is 0 Å². The molecule has 0 aliphatic carbocycles. The Bertz CT molecular complexity index is 771. The molecule has 1 unspecified atom stereocenters. The fraction of sp³-hybridized carbons (Fsp3) is 0.278. The van der Waals surface area contributed by atoms with Crippen LogP contribution in [0.1, 0.15) is 22.3 Å². The molecule has 0 saturated carbocycles. The van der Waals surface area contributed by atoms with Crippen molar-refractivity contribution in [2.45, 2.75) is 18.9 Å².